The Balaban J connectivity index is 2.08. The van der Waals surface area contributed by atoms with Crippen LogP contribution in [0.2, 0.25) is 0 Å². The van der Waals surface area contributed by atoms with Crippen molar-refractivity contribution in [1.82, 2.24) is 9.71 Å². The van der Waals surface area contributed by atoms with Gasteiger partial charge in [0, 0.05) is 35.8 Å². The Morgan fingerprint density at radius 3 is 2.81 bits per heavy atom. The van der Waals surface area contributed by atoms with Gasteiger partial charge >= 0.3 is 0 Å². The van der Waals surface area contributed by atoms with Gasteiger partial charge in [0.25, 0.3) is 0 Å². The number of aryl methyl sites for hydroxylation is 1. The summed E-state index contributed by atoms with van der Waals surface area (Å²) in [7, 11) is -2.23. The van der Waals surface area contributed by atoms with Gasteiger partial charge in [-0.05, 0) is 19.1 Å². The van der Waals surface area contributed by atoms with Crippen LogP contribution in [0.25, 0.3) is 0 Å². The van der Waals surface area contributed by atoms with Gasteiger partial charge in [-0.3, -0.25) is 0 Å². The van der Waals surface area contributed by atoms with Crippen LogP contribution in [0, 0.1) is 6.92 Å². The molecule has 8 heteroatoms. The molecule has 21 heavy (non-hydrogen) atoms. The molecule has 1 heterocycles. The van der Waals surface area contributed by atoms with E-state index in [2.05, 4.69) is 9.71 Å². The number of nitrogen functional groups attached to an aromatic ring is 1. The molecule has 1 aromatic carbocycles. The number of methoxy groups -OCH3 is 1. The van der Waals surface area contributed by atoms with Crippen molar-refractivity contribution >= 4 is 27.0 Å². The van der Waals surface area contributed by atoms with E-state index in [0.717, 1.165) is 10.7 Å². The fraction of sp³-hybridized carbons (Fsp3) is 0.308. The Kier molecular flexibility index (Phi) is 4.81. The fourth-order valence-electron chi connectivity index (χ4n) is 1.79. The van der Waals surface area contributed by atoms with Crippen molar-refractivity contribution in [3.05, 3.63) is 34.3 Å². The first kappa shape index (κ1) is 15.7. The normalized spacial score (nSPS) is 11.5. The molecule has 0 aliphatic rings. The molecule has 0 radical (unpaired) electrons. The Bertz CT molecular complexity index is 726. The molecule has 6 nitrogen and oxygen atoms in total. The van der Waals surface area contributed by atoms with E-state index < -0.39 is 10.0 Å². The molecule has 0 bridgehead atoms. The molecule has 0 amide bonds. The van der Waals surface area contributed by atoms with E-state index in [1.54, 1.807) is 0 Å². The maximum absolute atomic E-state index is 12.3. The summed E-state index contributed by atoms with van der Waals surface area (Å²) in [6.45, 7) is 2.19. The van der Waals surface area contributed by atoms with Crippen LogP contribution in [0.5, 0.6) is 5.75 Å². The standard InChI is InChI=1S/C13H17N3O3S2/c1-9-8-20-13(16-9)5-6-15-21(17,18)12-4-3-10(14)7-11(12)19-2/h3-4,7-8,15H,5-6,14H2,1-2H3. The first-order valence-electron chi connectivity index (χ1n) is 6.26. The maximum atomic E-state index is 12.3. The van der Waals surface area contributed by atoms with E-state index in [9.17, 15) is 8.42 Å². The number of hydrogen-bond donors (Lipinski definition) is 2. The van der Waals surface area contributed by atoms with E-state index in [1.165, 1.54) is 36.6 Å². The van der Waals surface area contributed by atoms with E-state index in [4.69, 9.17) is 10.5 Å². The monoisotopic (exact) mass is 327 g/mol. The summed E-state index contributed by atoms with van der Waals surface area (Å²) in [5.74, 6) is 0.229. The minimum Gasteiger partial charge on any atom is -0.495 e. The third kappa shape index (κ3) is 3.93. The molecule has 3 N–H and O–H groups in total. The topological polar surface area (TPSA) is 94.3 Å². The van der Waals surface area contributed by atoms with Crippen LogP contribution in [0.1, 0.15) is 10.7 Å². The highest BCUT2D eigenvalue weighted by atomic mass is 32.2. The first-order valence-corrected chi connectivity index (χ1v) is 8.63. The van der Waals surface area contributed by atoms with Crippen molar-refractivity contribution in [3.8, 4) is 5.75 Å². The average molecular weight is 327 g/mol. The number of aromatic nitrogens is 1. The lowest BCUT2D eigenvalue weighted by Gasteiger charge is -2.10. The van der Waals surface area contributed by atoms with E-state index in [-0.39, 0.29) is 17.2 Å². The zero-order chi connectivity index (χ0) is 15.5. The molecule has 0 saturated heterocycles. The number of hydrogen-bond acceptors (Lipinski definition) is 6. The second-order valence-corrected chi connectivity index (χ2v) is 7.12. The molecule has 2 rings (SSSR count). The summed E-state index contributed by atoms with van der Waals surface area (Å²) < 4.78 is 32.2. The zero-order valence-corrected chi connectivity index (χ0v) is 13.4. The van der Waals surface area contributed by atoms with Crippen LogP contribution in [-0.2, 0) is 16.4 Å². The summed E-state index contributed by atoms with van der Waals surface area (Å²) in [6.07, 6.45) is 0.551. The maximum Gasteiger partial charge on any atom is 0.244 e. The van der Waals surface area contributed by atoms with Crippen LogP contribution in [0.3, 0.4) is 0 Å². The summed E-state index contributed by atoms with van der Waals surface area (Å²) in [4.78, 5) is 4.37. The fourth-order valence-corrected chi connectivity index (χ4v) is 3.75. The Morgan fingerprint density at radius 1 is 1.43 bits per heavy atom. The molecule has 0 aliphatic carbocycles. The number of ether oxygens (including phenoxy) is 1. The highest BCUT2D eigenvalue weighted by Gasteiger charge is 2.19. The lowest BCUT2D eigenvalue weighted by molar-refractivity contribution is 0.402. The SMILES string of the molecule is COc1cc(N)ccc1S(=O)(=O)NCCc1nc(C)cs1. The Hall–Kier alpha value is -1.64. The Labute approximate surface area is 128 Å². The Morgan fingerprint density at radius 2 is 2.19 bits per heavy atom. The van der Waals surface area contributed by atoms with Crippen molar-refractivity contribution in [3.63, 3.8) is 0 Å². The molecule has 0 fully saturated rings. The second kappa shape index (κ2) is 6.42. The van der Waals surface area contributed by atoms with Gasteiger partial charge in [0.15, 0.2) is 0 Å². The van der Waals surface area contributed by atoms with Crippen molar-refractivity contribution in [2.45, 2.75) is 18.2 Å². The predicted octanol–water partition coefficient (Wildman–Crippen LogP) is 1.56. The van der Waals surface area contributed by atoms with E-state index >= 15 is 0 Å². The largest absolute Gasteiger partial charge is 0.495 e. The quantitative estimate of drug-likeness (QED) is 0.785. The molecule has 2 aromatic rings. The van der Waals surface area contributed by atoms with Gasteiger partial charge in [0.1, 0.15) is 10.6 Å². The lowest BCUT2D eigenvalue weighted by Crippen LogP contribution is -2.26. The number of nitrogens with zero attached hydrogens (tertiary/aromatic N) is 1. The molecular weight excluding hydrogens is 310 g/mol. The number of sulfonamides is 1. The van der Waals surface area contributed by atoms with Gasteiger partial charge in [-0.25, -0.2) is 18.1 Å². The number of benzene rings is 1. The summed E-state index contributed by atoms with van der Waals surface area (Å²) in [6, 6.07) is 4.45. The van der Waals surface area contributed by atoms with Gasteiger partial charge in [-0.1, -0.05) is 0 Å². The van der Waals surface area contributed by atoms with Gasteiger partial charge in [-0.2, -0.15) is 0 Å². The highest BCUT2D eigenvalue weighted by Crippen LogP contribution is 2.25. The molecule has 0 atom stereocenters. The smallest absolute Gasteiger partial charge is 0.244 e. The van der Waals surface area contributed by atoms with Crippen LogP contribution in [0.15, 0.2) is 28.5 Å². The van der Waals surface area contributed by atoms with E-state index in [1.807, 2.05) is 12.3 Å². The van der Waals surface area contributed by atoms with Gasteiger partial charge < -0.3 is 10.5 Å². The minimum absolute atomic E-state index is 0.0783. The number of nitrogens with one attached hydrogen (secondary N) is 1. The third-order valence-electron chi connectivity index (χ3n) is 2.77. The van der Waals surface area contributed by atoms with Crippen LogP contribution >= 0.6 is 11.3 Å². The van der Waals surface area contributed by atoms with Gasteiger partial charge in [-0.15, -0.1) is 11.3 Å². The lowest BCUT2D eigenvalue weighted by atomic mass is 10.3. The van der Waals surface area contributed by atoms with Gasteiger partial charge in [0.2, 0.25) is 10.0 Å². The van der Waals surface area contributed by atoms with Crippen molar-refractivity contribution in [2.75, 3.05) is 19.4 Å². The zero-order valence-electron chi connectivity index (χ0n) is 11.8. The second-order valence-electron chi connectivity index (χ2n) is 4.44. The molecule has 0 saturated carbocycles. The number of anilines is 1. The molecule has 114 valence electrons. The van der Waals surface area contributed by atoms with Crippen molar-refractivity contribution in [1.29, 1.82) is 0 Å². The summed E-state index contributed by atoms with van der Waals surface area (Å²) in [5, 5.41) is 2.84. The summed E-state index contributed by atoms with van der Waals surface area (Å²) >= 11 is 1.52. The number of rotatable bonds is 6. The van der Waals surface area contributed by atoms with Crippen molar-refractivity contribution < 1.29 is 13.2 Å². The molecular formula is C13H17N3O3S2. The predicted molar refractivity (Wildman–Crippen MR) is 83.1 cm³/mol. The summed E-state index contributed by atoms with van der Waals surface area (Å²) in [5.41, 5.74) is 7.01. The van der Waals surface area contributed by atoms with E-state index in [0.29, 0.717) is 12.1 Å². The molecule has 0 spiro atoms. The van der Waals surface area contributed by atoms with Crippen LogP contribution in [-0.4, -0.2) is 27.1 Å². The average Bonchev–Trinajstić information content (AvgIpc) is 2.83. The van der Waals surface area contributed by atoms with Gasteiger partial charge in [0.05, 0.1) is 12.1 Å². The molecule has 1 aromatic heterocycles. The third-order valence-corrected chi connectivity index (χ3v) is 5.30. The first-order chi connectivity index (χ1) is 9.92. The highest BCUT2D eigenvalue weighted by molar-refractivity contribution is 7.89. The van der Waals surface area contributed by atoms with Crippen LogP contribution in [0.4, 0.5) is 5.69 Å². The molecule has 0 aliphatic heterocycles. The van der Waals surface area contributed by atoms with Crippen molar-refractivity contribution in [2.24, 2.45) is 0 Å². The van der Waals surface area contributed by atoms with Crippen LogP contribution < -0.4 is 15.2 Å². The number of thiazole rings is 1. The minimum atomic E-state index is -3.64. The number of nitrogens with two attached hydrogens (primary N) is 1. The molecule has 0 unspecified atom stereocenters.